The van der Waals surface area contributed by atoms with Crippen molar-refractivity contribution in [3.8, 4) is 0 Å². The number of hydrogen-bond donors (Lipinski definition) is 0. The summed E-state index contributed by atoms with van der Waals surface area (Å²) in [5.74, 6) is 0.253. The predicted octanol–water partition coefficient (Wildman–Crippen LogP) is 4.55. The van der Waals surface area contributed by atoms with Crippen LogP contribution in [0.5, 0.6) is 0 Å². The highest BCUT2D eigenvalue weighted by Crippen LogP contribution is 2.34. The van der Waals surface area contributed by atoms with Crippen molar-refractivity contribution in [3.63, 3.8) is 0 Å². The highest BCUT2D eigenvalue weighted by atomic mass is 35.5. The quantitative estimate of drug-likeness (QED) is 0.737. The maximum absolute atomic E-state index is 14.0. The van der Waals surface area contributed by atoms with E-state index in [1.807, 2.05) is 12.3 Å². The van der Waals surface area contributed by atoms with E-state index in [2.05, 4.69) is 4.98 Å². The van der Waals surface area contributed by atoms with Gasteiger partial charge in [-0.3, -0.25) is 0 Å². The van der Waals surface area contributed by atoms with Crippen LogP contribution in [-0.4, -0.2) is 16.7 Å². The van der Waals surface area contributed by atoms with Crippen LogP contribution in [0.2, 0.25) is 0 Å². The topological polar surface area (TPSA) is 12.9 Å². The Kier molecular flexibility index (Phi) is 4.82. The molecule has 0 radical (unpaired) electrons. The first-order valence-electron chi connectivity index (χ1n) is 5.89. The fraction of sp³-hybridized carbons (Fsp3) is 0.357. The molecule has 0 saturated heterocycles. The molecule has 1 aromatic heterocycles. The maximum atomic E-state index is 14.0. The highest BCUT2D eigenvalue weighted by Gasteiger charge is 2.34. The first kappa shape index (κ1) is 14.8. The molecule has 2 aromatic rings. The predicted molar refractivity (Wildman–Crippen MR) is 80.1 cm³/mol. The Balaban J connectivity index is 2.40. The SMILES string of the molecule is Cc1csc(CC(CCl)(CCl)c2ccccc2F)n1. The molecule has 0 aliphatic rings. The van der Waals surface area contributed by atoms with Gasteiger partial charge in [0.25, 0.3) is 0 Å². The second-order valence-electron chi connectivity index (χ2n) is 4.59. The Labute approximate surface area is 126 Å². The van der Waals surface area contributed by atoms with Crippen LogP contribution < -0.4 is 0 Å². The summed E-state index contributed by atoms with van der Waals surface area (Å²) in [6.07, 6.45) is 0.555. The first-order valence-corrected chi connectivity index (χ1v) is 7.84. The number of hydrogen-bond acceptors (Lipinski definition) is 2. The summed E-state index contributed by atoms with van der Waals surface area (Å²) in [5, 5.41) is 2.91. The fourth-order valence-electron chi connectivity index (χ4n) is 2.03. The Morgan fingerprint density at radius 1 is 1.26 bits per heavy atom. The van der Waals surface area contributed by atoms with Crippen LogP contribution in [0.15, 0.2) is 29.6 Å². The standard InChI is InChI=1S/C14H14Cl2FNS/c1-10-7-19-13(18-10)6-14(8-15,9-16)11-4-2-3-5-12(11)17/h2-5,7H,6,8-9H2,1H3. The molecule has 0 unspecified atom stereocenters. The van der Waals surface area contributed by atoms with Gasteiger partial charge in [0.2, 0.25) is 0 Å². The Hall–Kier alpha value is -0.640. The average Bonchev–Trinajstić information content (AvgIpc) is 2.82. The number of thiazole rings is 1. The van der Waals surface area contributed by atoms with Gasteiger partial charge in [-0.05, 0) is 18.6 Å². The van der Waals surface area contributed by atoms with E-state index in [4.69, 9.17) is 23.2 Å². The summed E-state index contributed by atoms with van der Waals surface area (Å²) in [7, 11) is 0. The summed E-state index contributed by atoms with van der Waals surface area (Å²) in [6.45, 7) is 1.94. The van der Waals surface area contributed by atoms with Crippen LogP contribution in [0.25, 0.3) is 0 Å². The lowest BCUT2D eigenvalue weighted by atomic mass is 9.81. The molecule has 5 heteroatoms. The third kappa shape index (κ3) is 3.10. The number of halogens is 3. The zero-order chi connectivity index (χ0) is 13.9. The second-order valence-corrected chi connectivity index (χ2v) is 6.06. The van der Waals surface area contributed by atoms with Gasteiger partial charge in [0.15, 0.2) is 0 Å². The second kappa shape index (κ2) is 6.21. The van der Waals surface area contributed by atoms with Gasteiger partial charge in [-0.2, -0.15) is 0 Å². The number of benzene rings is 1. The van der Waals surface area contributed by atoms with Crippen molar-refractivity contribution in [2.75, 3.05) is 11.8 Å². The molecule has 1 heterocycles. The molecule has 0 bridgehead atoms. The fourth-order valence-corrected chi connectivity index (χ4v) is 3.71. The van der Waals surface area contributed by atoms with Crippen molar-refractivity contribution in [2.45, 2.75) is 18.8 Å². The van der Waals surface area contributed by atoms with Crippen LogP contribution >= 0.6 is 34.5 Å². The van der Waals surface area contributed by atoms with E-state index in [1.54, 1.807) is 29.5 Å². The minimum absolute atomic E-state index is 0.260. The zero-order valence-corrected chi connectivity index (χ0v) is 12.8. The minimum Gasteiger partial charge on any atom is -0.247 e. The van der Waals surface area contributed by atoms with Crippen LogP contribution in [-0.2, 0) is 11.8 Å². The molecule has 2 rings (SSSR count). The van der Waals surface area contributed by atoms with Crippen molar-refractivity contribution in [1.29, 1.82) is 0 Å². The normalized spacial score (nSPS) is 11.8. The van der Waals surface area contributed by atoms with E-state index in [0.717, 1.165) is 10.7 Å². The van der Waals surface area contributed by atoms with E-state index >= 15 is 0 Å². The van der Waals surface area contributed by atoms with Crippen molar-refractivity contribution in [2.24, 2.45) is 0 Å². The number of nitrogens with zero attached hydrogens (tertiary/aromatic N) is 1. The van der Waals surface area contributed by atoms with Gasteiger partial charge in [0.1, 0.15) is 5.82 Å². The van der Waals surface area contributed by atoms with Crippen LogP contribution in [0.1, 0.15) is 16.3 Å². The molecule has 1 aromatic carbocycles. The van der Waals surface area contributed by atoms with Crippen LogP contribution in [0.4, 0.5) is 4.39 Å². The largest absolute Gasteiger partial charge is 0.247 e. The van der Waals surface area contributed by atoms with Gasteiger partial charge in [-0.25, -0.2) is 9.37 Å². The highest BCUT2D eigenvalue weighted by molar-refractivity contribution is 7.09. The Morgan fingerprint density at radius 3 is 2.47 bits per heavy atom. The van der Waals surface area contributed by atoms with Crippen molar-refractivity contribution >= 4 is 34.5 Å². The molecule has 0 fully saturated rings. The third-order valence-corrected chi connectivity index (χ3v) is 5.10. The molecule has 0 spiro atoms. The lowest BCUT2D eigenvalue weighted by Gasteiger charge is -2.29. The Morgan fingerprint density at radius 2 is 1.95 bits per heavy atom. The van der Waals surface area contributed by atoms with E-state index < -0.39 is 5.41 Å². The molecule has 1 nitrogen and oxygen atoms in total. The monoisotopic (exact) mass is 317 g/mol. The molecule has 0 saturated carbocycles. The summed E-state index contributed by atoms with van der Waals surface area (Å²) in [6, 6.07) is 6.66. The summed E-state index contributed by atoms with van der Waals surface area (Å²) in [5.41, 5.74) is 0.915. The van der Waals surface area contributed by atoms with Gasteiger partial charge >= 0.3 is 0 Å². The number of aromatic nitrogens is 1. The molecule has 0 atom stereocenters. The lowest BCUT2D eigenvalue weighted by Crippen LogP contribution is -2.34. The first-order chi connectivity index (χ1) is 9.11. The van der Waals surface area contributed by atoms with Crippen molar-refractivity contribution < 1.29 is 4.39 Å². The third-order valence-electron chi connectivity index (χ3n) is 3.11. The molecular weight excluding hydrogens is 304 g/mol. The van der Waals surface area contributed by atoms with Gasteiger partial charge in [-0.1, -0.05) is 18.2 Å². The molecule has 102 valence electrons. The summed E-state index contributed by atoms with van der Waals surface area (Å²) >= 11 is 13.8. The van der Waals surface area contributed by atoms with Crippen LogP contribution in [0, 0.1) is 12.7 Å². The van der Waals surface area contributed by atoms with E-state index in [-0.39, 0.29) is 17.6 Å². The molecule has 19 heavy (non-hydrogen) atoms. The minimum atomic E-state index is -0.612. The van der Waals surface area contributed by atoms with Gasteiger partial charge in [-0.15, -0.1) is 34.5 Å². The number of rotatable bonds is 5. The van der Waals surface area contributed by atoms with E-state index in [1.165, 1.54) is 6.07 Å². The molecule has 0 amide bonds. The Bertz CT molecular complexity index is 552. The zero-order valence-electron chi connectivity index (χ0n) is 10.5. The van der Waals surface area contributed by atoms with E-state index in [9.17, 15) is 4.39 Å². The summed E-state index contributed by atoms with van der Waals surface area (Å²) < 4.78 is 14.0. The van der Waals surface area contributed by atoms with Crippen LogP contribution in [0.3, 0.4) is 0 Å². The van der Waals surface area contributed by atoms with Gasteiger partial charge < -0.3 is 0 Å². The summed E-state index contributed by atoms with van der Waals surface area (Å²) in [4.78, 5) is 4.43. The molecular formula is C14H14Cl2FNS. The number of aryl methyl sites for hydroxylation is 1. The van der Waals surface area contributed by atoms with Gasteiger partial charge in [0, 0.05) is 34.7 Å². The molecule has 0 N–H and O–H groups in total. The smallest absolute Gasteiger partial charge is 0.127 e. The van der Waals surface area contributed by atoms with E-state index in [0.29, 0.717) is 12.0 Å². The average molecular weight is 318 g/mol. The molecule has 0 aliphatic carbocycles. The number of alkyl halides is 2. The maximum Gasteiger partial charge on any atom is 0.127 e. The van der Waals surface area contributed by atoms with Crippen molar-refractivity contribution in [3.05, 3.63) is 51.7 Å². The van der Waals surface area contributed by atoms with Crippen molar-refractivity contribution in [1.82, 2.24) is 4.98 Å². The lowest BCUT2D eigenvalue weighted by molar-refractivity contribution is 0.490. The van der Waals surface area contributed by atoms with Gasteiger partial charge in [0.05, 0.1) is 5.01 Å². The molecule has 0 aliphatic heterocycles.